The Balaban J connectivity index is 3.94. The fourth-order valence-corrected chi connectivity index (χ4v) is 1.24. The van der Waals surface area contributed by atoms with Gasteiger partial charge in [0.1, 0.15) is 6.04 Å². The van der Waals surface area contributed by atoms with Gasteiger partial charge >= 0.3 is 0 Å². The van der Waals surface area contributed by atoms with Crippen molar-refractivity contribution in [2.45, 2.75) is 46.6 Å². The minimum Gasteiger partial charge on any atom is -0.340 e. The molecule has 3 heteroatoms. The molecule has 1 amide bonds. The zero-order valence-corrected chi connectivity index (χ0v) is 9.50. The number of carbonyl (C=O) groups is 1. The molecule has 0 aromatic carbocycles. The molecule has 1 atom stereocenters. The quantitative estimate of drug-likeness (QED) is 0.732. The van der Waals surface area contributed by atoms with Gasteiger partial charge in [-0.25, -0.2) is 0 Å². The topological polar surface area (TPSA) is 52.9 Å². The molecular weight excluding hydrogens is 176 g/mol. The summed E-state index contributed by atoms with van der Waals surface area (Å²) in [7, 11) is 0. The summed E-state index contributed by atoms with van der Waals surface area (Å²) in [4.78, 5) is 11.3. The van der Waals surface area contributed by atoms with Gasteiger partial charge in [-0.3, -0.25) is 4.79 Å². The largest absolute Gasteiger partial charge is 0.340 e. The van der Waals surface area contributed by atoms with Gasteiger partial charge in [0.05, 0.1) is 6.07 Å². The van der Waals surface area contributed by atoms with E-state index in [1.165, 1.54) is 0 Å². The third-order valence-electron chi connectivity index (χ3n) is 1.79. The Hall–Kier alpha value is -1.04. The molecule has 0 rings (SSSR count). The maximum Gasteiger partial charge on any atom is 0.221 e. The number of carbonyl (C=O) groups excluding carboxylic acids is 1. The van der Waals surface area contributed by atoms with Gasteiger partial charge in [-0.2, -0.15) is 5.26 Å². The van der Waals surface area contributed by atoms with Crippen molar-refractivity contribution in [1.82, 2.24) is 5.32 Å². The molecule has 0 aromatic rings. The number of nitriles is 1. The zero-order valence-electron chi connectivity index (χ0n) is 9.50. The number of hydrogen-bond acceptors (Lipinski definition) is 2. The SMILES string of the molecule is CC(C)CC(=O)NC(C#N)CC(C)C. The van der Waals surface area contributed by atoms with Gasteiger partial charge in [-0.05, 0) is 18.3 Å². The highest BCUT2D eigenvalue weighted by Crippen LogP contribution is 2.05. The first-order chi connectivity index (χ1) is 6.45. The van der Waals surface area contributed by atoms with Crippen LogP contribution >= 0.6 is 0 Å². The molecule has 0 aliphatic rings. The first kappa shape index (κ1) is 13.0. The molecule has 0 spiro atoms. The lowest BCUT2D eigenvalue weighted by atomic mass is 10.0. The zero-order chi connectivity index (χ0) is 11.1. The molecule has 0 saturated heterocycles. The summed E-state index contributed by atoms with van der Waals surface area (Å²) in [6, 6.07) is 1.77. The Morgan fingerprint density at radius 2 is 1.86 bits per heavy atom. The van der Waals surface area contributed by atoms with Gasteiger partial charge in [-0.1, -0.05) is 27.7 Å². The molecule has 0 radical (unpaired) electrons. The number of hydrogen-bond donors (Lipinski definition) is 1. The van der Waals surface area contributed by atoms with Crippen LogP contribution < -0.4 is 5.32 Å². The number of amides is 1. The van der Waals surface area contributed by atoms with E-state index in [1.54, 1.807) is 0 Å². The van der Waals surface area contributed by atoms with Crippen molar-refractivity contribution in [3.8, 4) is 6.07 Å². The average Bonchev–Trinajstić information content (AvgIpc) is 2.00. The number of rotatable bonds is 5. The molecule has 0 bridgehead atoms. The minimum atomic E-state index is -0.332. The molecule has 1 N–H and O–H groups in total. The van der Waals surface area contributed by atoms with Crippen LogP contribution in [0.3, 0.4) is 0 Å². The molecule has 1 unspecified atom stereocenters. The van der Waals surface area contributed by atoms with Crippen molar-refractivity contribution in [2.75, 3.05) is 0 Å². The van der Waals surface area contributed by atoms with Gasteiger partial charge < -0.3 is 5.32 Å². The maximum absolute atomic E-state index is 11.3. The Bertz CT molecular complexity index is 216. The second-order valence-electron chi connectivity index (χ2n) is 4.48. The molecule has 80 valence electrons. The van der Waals surface area contributed by atoms with Crippen molar-refractivity contribution < 1.29 is 4.79 Å². The van der Waals surface area contributed by atoms with Crippen molar-refractivity contribution >= 4 is 5.91 Å². The van der Waals surface area contributed by atoms with E-state index in [0.717, 1.165) is 6.42 Å². The normalized spacial score (nSPS) is 12.6. The van der Waals surface area contributed by atoms with Crippen LogP contribution in [0.15, 0.2) is 0 Å². The van der Waals surface area contributed by atoms with E-state index in [2.05, 4.69) is 11.4 Å². The summed E-state index contributed by atoms with van der Waals surface area (Å²) in [5, 5.41) is 11.5. The van der Waals surface area contributed by atoms with Crippen molar-refractivity contribution in [3.63, 3.8) is 0 Å². The van der Waals surface area contributed by atoms with Crippen LogP contribution in [0.25, 0.3) is 0 Å². The third-order valence-corrected chi connectivity index (χ3v) is 1.79. The lowest BCUT2D eigenvalue weighted by molar-refractivity contribution is -0.122. The van der Waals surface area contributed by atoms with Crippen LogP contribution in [0, 0.1) is 23.2 Å². The summed E-state index contributed by atoms with van der Waals surface area (Å²) in [5.41, 5.74) is 0. The van der Waals surface area contributed by atoms with E-state index in [4.69, 9.17) is 5.26 Å². The Morgan fingerprint density at radius 3 is 2.21 bits per heavy atom. The van der Waals surface area contributed by atoms with Crippen LogP contribution in [0.5, 0.6) is 0 Å². The van der Waals surface area contributed by atoms with Gasteiger partial charge in [0.2, 0.25) is 5.91 Å². The van der Waals surface area contributed by atoms with E-state index < -0.39 is 0 Å². The van der Waals surface area contributed by atoms with Gasteiger partial charge in [0.15, 0.2) is 0 Å². The maximum atomic E-state index is 11.3. The Labute approximate surface area is 86.5 Å². The monoisotopic (exact) mass is 196 g/mol. The first-order valence-corrected chi connectivity index (χ1v) is 5.14. The molecule has 0 fully saturated rings. The molecule has 0 heterocycles. The predicted molar refractivity (Wildman–Crippen MR) is 56.5 cm³/mol. The molecule has 14 heavy (non-hydrogen) atoms. The molecule has 0 saturated carbocycles. The first-order valence-electron chi connectivity index (χ1n) is 5.14. The lowest BCUT2D eigenvalue weighted by Crippen LogP contribution is -2.35. The van der Waals surface area contributed by atoms with Gasteiger partial charge in [0, 0.05) is 6.42 Å². The molecule has 0 aliphatic carbocycles. The lowest BCUT2D eigenvalue weighted by Gasteiger charge is -2.14. The molecule has 3 nitrogen and oxygen atoms in total. The van der Waals surface area contributed by atoms with Crippen molar-refractivity contribution in [1.29, 1.82) is 5.26 Å². The standard InChI is InChI=1S/C11H20N2O/c1-8(2)5-10(7-12)13-11(14)6-9(3)4/h8-10H,5-6H2,1-4H3,(H,13,14). The summed E-state index contributed by atoms with van der Waals surface area (Å²) in [5.74, 6) is 0.750. The average molecular weight is 196 g/mol. The minimum absolute atomic E-state index is 0.0211. The Kier molecular flexibility index (Phi) is 5.94. The van der Waals surface area contributed by atoms with E-state index >= 15 is 0 Å². The van der Waals surface area contributed by atoms with Crippen molar-refractivity contribution in [3.05, 3.63) is 0 Å². The molecular formula is C11H20N2O. The van der Waals surface area contributed by atoms with Crippen LogP contribution in [-0.2, 0) is 4.79 Å². The molecule has 0 aromatic heterocycles. The van der Waals surface area contributed by atoms with Crippen LogP contribution in [0.1, 0.15) is 40.5 Å². The summed E-state index contributed by atoms with van der Waals surface area (Å²) in [6.45, 7) is 8.06. The van der Waals surface area contributed by atoms with Gasteiger partial charge in [0.25, 0.3) is 0 Å². The summed E-state index contributed by atoms with van der Waals surface area (Å²) in [6.07, 6.45) is 1.22. The van der Waals surface area contributed by atoms with E-state index in [0.29, 0.717) is 18.3 Å². The van der Waals surface area contributed by atoms with Crippen molar-refractivity contribution in [2.24, 2.45) is 11.8 Å². The van der Waals surface area contributed by atoms with Gasteiger partial charge in [-0.15, -0.1) is 0 Å². The fraction of sp³-hybridized carbons (Fsp3) is 0.818. The third kappa shape index (κ3) is 6.47. The number of nitrogens with one attached hydrogen (secondary N) is 1. The molecule has 0 aliphatic heterocycles. The second-order valence-corrected chi connectivity index (χ2v) is 4.48. The highest BCUT2D eigenvalue weighted by Gasteiger charge is 2.13. The van der Waals surface area contributed by atoms with E-state index in [1.807, 2.05) is 27.7 Å². The highest BCUT2D eigenvalue weighted by atomic mass is 16.1. The predicted octanol–water partition coefficient (Wildman–Crippen LogP) is 2.09. The summed E-state index contributed by atoms with van der Waals surface area (Å²) >= 11 is 0. The van der Waals surface area contributed by atoms with Crippen LogP contribution in [0.4, 0.5) is 0 Å². The Morgan fingerprint density at radius 1 is 1.29 bits per heavy atom. The number of nitrogens with zero attached hydrogens (tertiary/aromatic N) is 1. The fourth-order valence-electron chi connectivity index (χ4n) is 1.24. The van der Waals surface area contributed by atoms with Crippen LogP contribution in [-0.4, -0.2) is 11.9 Å². The highest BCUT2D eigenvalue weighted by molar-refractivity contribution is 5.76. The summed E-state index contributed by atoms with van der Waals surface area (Å²) < 4.78 is 0. The smallest absolute Gasteiger partial charge is 0.221 e. The van der Waals surface area contributed by atoms with E-state index in [9.17, 15) is 4.79 Å². The van der Waals surface area contributed by atoms with E-state index in [-0.39, 0.29) is 11.9 Å². The van der Waals surface area contributed by atoms with Crippen LogP contribution in [0.2, 0.25) is 0 Å². The second kappa shape index (κ2) is 6.42.